The van der Waals surface area contributed by atoms with Crippen LogP contribution in [0.3, 0.4) is 0 Å². The Labute approximate surface area is 375 Å². The van der Waals surface area contributed by atoms with Crippen LogP contribution in [0.2, 0.25) is 0 Å². The number of esters is 2. The van der Waals surface area contributed by atoms with Crippen molar-refractivity contribution in [2.45, 2.75) is 309 Å². The number of carbonyl (C=O) groups is 2. The van der Waals surface area contributed by atoms with E-state index in [2.05, 4.69) is 32.9 Å². The molecule has 0 radical (unpaired) electrons. The van der Waals surface area contributed by atoms with Crippen LogP contribution in [0.5, 0.6) is 0 Å². The molecule has 0 saturated carbocycles. The molecule has 60 heavy (non-hydrogen) atoms. The Morgan fingerprint density at radius 1 is 0.350 bits per heavy atom. The van der Waals surface area contributed by atoms with Gasteiger partial charge in [0.15, 0.2) is 6.10 Å². The van der Waals surface area contributed by atoms with Gasteiger partial charge in [-0.05, 0) is 44.9 Å². The maximum Gasteiger partial charge on any atom is 0.306 e. The molecule has 0 aromatic carbocycles. The van der Waals surface area contributed by atoms with Crippen molar-refractivity contribution in [3.05, 3.63) is 12.2 Å². The van der Waals surface area contributed by atoms with E-state index in [0.717, 1.165) is 38.5 Å². The summed E-state index contributed by atoms with van der Waals surface area (Å²) >= 11 is 0. The van der Waals surface area contributed by atoms with Crippen molar-refractivity contribution in [2.24, 2.45) is 0 Å². The summed E-state index contributed by atoms with van der Waals surface area (Å²) < 4.78 is 17.4. The van der Waals surface area contributed by atoms with E-state index < -0.39 is 6.10 Å². The minimum absolute atomic E-state index is 0.0925. The fraction of sp³-hybridized carbons (Fsp3) is 0.927. The van der Waals surface area contributed by atoms with Gasteiger partial charge in [-0.15, -0.1) is 0 Å². The Bertz CT molecular complexity index is 871. The fourth-order valence-corrected chi connectivity index (χ4v) is 8.21. The average molecular weight is 847 g/mol. The fourth-order valence-electron chi connectivity index (χ4n) is 8.21. The lowest BCUT2D eigenvalue weighted by Gasteiger charge is -2.18. The highest BCUT2D eigenvalue weighted by molar-refractivity contribution is 5.70. The zero-order chi connectivity index (χ0) is 43.5. The van der Waals surface area contributed by atoms with Crippen molar-refractivity contribution in [1.82, 2.24) is 0 Å². The van der Waals surface area contributed by atoms with Gasteiger partial charge in [0.05, 0.1) is 6.61 Å². The predicted molar refractivity (Wildman–Crippen MR) is 261 cm³/mol. The summed E-state index contributed by atoms with van der Waals surface area (Å²) in [6.07, 6.45) is 59.4. The normalized spacial score (nSPS) is 12.1. The number of hydrogen-bond donors (Lipinski definition) is 0. The van der Waals surface area contributed by atoms with Crippen molar-refractivity contribution < 1.29 is 23.8 Å². The first-order valence-electron chi connectivity index (χ1n) is 27.2. The van der Waals surface area contributed by atoms with Gasteiger partial charge in [-0.25, -0.2) is 0 Å². The second-order valence-electron chi connectivity index (χ2n) is 18.5. The second-order valence-corrected chi connectivity index (χ2v) is 18.5. The molecule has 0 aromatic rings. The van der Waals surface area contributed by atoms with E-state index in [-0.39, 0.29) is 18.5 Å². The molecule has 0 rings (SSSR count). The molecule has 0 aliphatic heterocycles. The zero-order valence-corrected chi connectivity index (χ0v) is 41.0. The molecule has 0 saturated heterocycles. The molecule has 0 aliphatic carbocycles. The Kier molecular flexibility index (Phi) is 50.8. The SMILES string of the molecule is CCCCCCCC/C=C\CCCCCCCCOCC(COC(=O)CCCCCCCCCCCCCCCCCCC)OC(=O)CCCCCCCCCCCCC. The Morgan fingerprint density at radius 3 is 1.02 bits per heavy atom. The van der Waals surface area contributed by atoms with E-state index in [1.807, 2.05) is 0 Å². The van der Waals surface area contributed by atoms with E-state index in [1.165, 1.54) is 231 Å². The standard InChI is InChI=1S/C55H106O5/c1-4-7-10-13-16-19-22-24-26-28-29-31-34-36-39-42-45-48-54(56)59-52-53(60-55(57)49-46-43-40-37-33-21-18-15-12-9-6-3)51-58-50-47-44-41-38-35-32-30-27-25-23-20-17-14-11-8-5-2/h25,27,53H,4-24,26,28-52H2,1-3H3/b27-25-. The smallest absolute Gasteiger partial charge is 0.306 e. The van der Waals surface area contributed by atoms with Crippen molar-refractivity contribution in [2.75, 3.05) is 19.8 Å². The summed E-state index contributed by atoms with van der Waals surface area (Å²) in [7, 11) is 0. The molecule has 0 spiro atoms. The monoisotopic (exact) mass is 847 g/mol. The zero-order valence-electron chi connectivity index (χ0n) is 41.0. The number of unbranched alkanes of at least 4 members (excludes halogenated alkanes) is 38. The van der Waals surface area contributed by atoms with E-state index in [1.54, 1.807) is 0 Å². The largest absolute Gasteiger partial charge is 0.462 e. The molecular weight excluding hydrogens is 741 g/mol. The van der Waals surface area contributed by atoms with E-state index in [9.17, 15) is 9.59 Å². The average Bonchev–Trinajstić information content (AvgIpc) is 3.25. The molecule has 5 heteroatoms. The topological polar surface area (TPSA) is 61.8 Å². The molecular formula is C55H106O5. The first kappa shape index (κ1) is 58.6. The molecule has 0 heterocycles. The summed E-state index contributed by atoms with van der Waals surface area (Å²) in [6, 6.07) is 0. The molecule has 5 nitrogen and oxygen atoms in total. The van der Waals surface area contributed by atoms with Crippen LogP contribution < -0.4 is 0 Å². The van der Waals surface area contributed by atoms with Crippen LogP contribution >= 0.6 is 0 Å². The van der Waals surface area contributed by atoms with Gasteiger partial charge >= 0.3 is 11.9 Å². The Hall–Kier alpha value is -1.36. The molecule has 1 unspecified atom stereocenters. The molecule has 0 N–H and O–H groups in total. The first-order valence-corrected chi connectivity index (χ1v) is 27.2. The lowest BCUT2D eigenvalue weighted by atomic mass is 10.0. The van der Waals surface area contributed by atoms with Gasteiger partial charge in [0, 0.05) is 19.4 Å². The van der Waals surface area contributed by atoms with Crippen LogP contribution in [0, 0.1) is 0 Å². The van der Waals surface area contributed by atoms with Gasteiger partial charge in [0.1, 0.15) is 6.61 Å². The van der Waals surface area contributed by atoms with Crippen LogP contribution in [0.15, 0.2) is 12.2 Å². The Balaban J connectivity index is 4.17. The van der Waals surface area contributed by atoms with Gasteiger partial charge in [-0.3, -0.25) is 9.59 Å². The molecule has 0 amide bonds. The minimum atomic E-state index is -0.529. The highest BCUT2D eigenvalue weighted by atomic mass is 16.6. The molecule has 356 valence electrons. The lowest BCUT2D eigenvalue weighted by molar-refractivity contribution is -0.163. The number of allylic oxidation sites excluding steroid dienone is 2. The van der Waals surface area contributed by atoms with E-state index >= 15 is 0 Å². The van der Waals surface area contributed by atoms with Gasteiger partial charge in [-0.1, -0.05) is 258 Å². The van der Waals surface area contributed by atoms with Crippen LogP contribution in [0.4, 0.5) is 0 Å². The van der Waals surface area contributed by atoms with Crippen molar-refractivity contribution >= 4 is 11.9 Å². The van der Waals surface area contributed by atoms with Gasteiger partial charge in [-0.2, -0.15) is 0 Å². The number of rotatable bonds is 51. The molecule has 0 aromatic heterocycles. The third-order valence-corrected chi connectivity index (χ3v) is 12.3. The summed E-state index contributed by atoms with van der Waals surface area (Å²) in [5, 5.41) is 0. The summed E-state index contributed by atoms with van der Waals surface area (Å²) in [6.45, 7) is 7.87. The van der Waals surface area contributed by atoms with Crippen molar-refractivity contribution in [3.8, 4) is 0 Å². The third-order valence-electron chi connectivity index (χ3n) is 12.3. The van der Waals surface area contributed by atoms with E-state index in [4.69, 9.17) is 14.2 Å². The highest BCUT2D eigenvalue weighted by Gasteiger charge is 2.17. The molecule has 0 aliphatic rings. The lowest BCUT2D eigenvalue weighted by Crippen LogP contribution is -2.30. The van der Waals surface area contributed by atoms with Gasteiger partial charge < -0.3 is 14.2 Å². The van der Waals surface area contributed by atoms with E-state index in [0.29, 0.717) is 26.1 Å². The maximum atomic E-state index is 12.8. The maximum absolute atomic E-state index is 12.8. The third kappa shape index (κ3) is 49.3. The second kappa shape index (κ2) is 52.0. The predicted octanol–water partition coefficient (Wildman–Crippen LogP) is 18.2. The Morgan fingerprint density at radius 2 is 0.650 bits per heavy atom. The molecule has 0 bridgehead atoms. The summed E-state index contributed by atoms with van der Waals surface area (Å²) in [5.74, 6) is -0.378. The van der Waals surface area contributed by atoms with Crippen LogP contribution in [-0.2, 0) is 23.8 Å². The van der Waals surface area contributed by atoms with Gasteiger partial charge in [0.25, 0.3) is 0 Å². The van der Waals surface area contributed by atoms with Crippen LogP contribution in [0.1, 0.15) is 303 Å². The minimum Gasteiger partial charge on any atom is -0.462 e. The number of ether oxygens (including phenoxy) is 3. The number of carbonyl (C=O) groups excluding carboxylic acids is 2. The molecule has 1 atom stereocenters. The quantitative estimate of drug-likeness (QED) is 0.0347. The number of hydrogen-bond acceptors (Lipinski definition) is 5. The summed E-state index contributed by atoms with van der Waals surface area (Å²) in [4.78, 5) is 25.4. The van der Waals surface area contributed by atoms with Crippen LogP contribution in [0.25, 0.3) is 0 Å². The van der Waals surface area contributed by atoms with Crippen molar-refractivity contribution in [3.63, 3.8) is 0 Å². The summed E-state index contributed by atoms with van der Waals surface area (Å²) in [5.41, 5.74) is 0. The highest BCUT2D eigenvalue weighted by Crippen LogP contribution is 2.16. The van der Waals surface area contributed by atoms with Gasteiger partial charge in [0.2, 0.25) is 0 Å². The first-order chi connectivity index (χ1) is 29.6. The van der Waals surface area contributed by atoms with Crippen molar-refractivity contribution in [1.29, 1.82) is 0 Å². The van der Waals surface area contributed by atoms with Crippen LogP contribution in [-0.4, -0.2) is 37.9 Å². The molecule has 0 fully saturated rings.